The molecule has 1 N–H and O–H groups in total. The smallest absolute Gasteiger partial charge is 0.0937 e. The van der Waals surface area contributed by atoms with Gasteiger partial charge in [-0.1, -0.05) is 13.8 Å². The summed E-state index contributed by atoms with van der Waals surface area (Å²) in [6, 6.07) is 2.21. The summed E-state index contributed by atoms with van der Waals surface area (Å²) < 4.78 is 2.04. The van der Waals surface area contributed by atoms with Crippen LogP contribution in [-0.4, -0.2) is 26.3 Å². The number of nitrogens with one attached hydrogen (secondary N) is 1. The Bertz CT molecular complexity index is 506. The van der Waals surface area contributed by atoms with Crippen molar-refractivity contribution < 1.29 is 0 Å². The Morgan fingerprint density at radius 3 is 2.68 bits per heavy atom. The second kappa shape index (κ2) is 6.43. The van der Waals surface area contributed by atoms with Gasteiger partial charge in [0.05, 0.1) is 29.3 Å². The highest BCUT2D eigenvalue weighted by atomic mass is 15.3. The van der Waals surface area contributed by atoms with E-state index < -0.39 is 0 Å². The Kier molecular flexibility index (Phi) is 4.63. The van der Waals surface area contributed by atoms with Crippen molar-refractivity contribution in [3.05, 3.63) is 41.7 Å². The summed E-state index contributed by atoms with van der Waals surface area (Å²) in [5.74, 6) is 0. The maximum absolute atomic E-state index is 4.60. The third kappa shape index (κ3) is 2.98. The van der Waals surface area contributed by atoms with Gasteiger partial charge in [0.2, 0.25) is 0 Å². The van der Waals surface area contributed by atoms with E-state index in [0.29, 0.717) is 0 Å². The first-order valence-electron chi connectivity index (χ1n) is 6.86. The minimum atomic E-state index is 0.0476. The molecule has 0 radical (unpaired) electrons. The van der Waals surface area contributed by atoms with Crippen LogP contribution in [0.4, 0.5) is 0 Å². The second-order valence-corrected chi connectivity index (χ2v) is 4.35. The molecule has 19 heavy (non-hydrogen) atoms. The van der Waals surface area contributed by atoms with Crippen LogP contribution in [-0.2, 0) is 13.0 Å². The van der Waals surface area contributed by atoms with Crippen LogP contribution in [0, 0.1) is 0 Å². The average molecular weight is 259 g/mol. The molecule has 0 aliphatic carbocycles. The fourth-order valence-electron chi connectivity index (χ4n) is 2.17. The zero-order valence-electron chi connectivity index (χ0n) is 11.8. The van der Waals surface area contributed by atoms with Gasteiger partial charge in [0.25, 0.3) is 0 Å². The van der Waals surface area contributed by atoms with Gasteiger partial charge in [0.15, 0.2) is 0 Å². The number of nitrogens with zero attached hydrogens (tertiary/aromatic N) is 4. The number of hydrogen-bond donors (Lipinski definition) is 1. The highest BCUT2D eigenvalue weighted by Crippen LogP contribution is 2.21. The van der Waals surface area contributed by atoms with Gasteiger partial charge in [-0.05, 0) is 26.0 Å². The maximum atomic E-state index is 4.60. The quantitative estimate of drug-likeness (QED) is 0.861. The minimum Gasteiger partial charge on any atom is -0.304 e. The van der Waals surface area contributed by atoms with Crippen LogP contribution in [0.2, 0.25) is 0 Å². The first kappa shape index (κ1) is 13.7. The first-order valence-corrected chi connectivity index (χ1v) is 6.86. The fraction of sp³-hybridized carbons (Fsp3) is 0.500. The number of hydrogen-bond acceptors (Lipinski definition) is 4. The molecule has 2 heterocycles. The van der Waals surface area contributed by atoms with Crippen molar-refractivity contribution in [2.24, 2.45) is 0 Å². The lowest BCUT2D eigenvalue weighted by Gasteiger charge is -2.18. The molecule has 0 spiro atoms. The van der Waals surface area contributed by atoms with E-state index >= 15 is 0 Å². The summed E-state index contributed by atoms with van der Waals surface area (Å²) in [5.41, 5.74) is 3.20. The van der Waals surface area contributed by atoms with E-state index in [1.54, 1.807) is 12.4 Å². The van der Waals surface area contributed by atoms with E-state index in [9.17, 15) is 0 Å². The largest absolute Gasteiger partial charge is 0.304 e. The predicted molar refractivity (Wildman–Crippen MR) is 74.8 cm³/mol. The van der Waals surface area contributed by atoms with Crippen LogP contribution >= 0.6 is 0 Å². The lowest BCUT2D eigenvalue weighted by molar-refractivity contribution is 0.531. The molecule has 2 rings (SSSR count). The Hall–Kier alpha value is -1.75. The van der Waals surface area contributed by atoms with Crippen molar-refractivity contribution in [1.29, 1.82) is 0 Å². The number of rotatable bonds is 6. The van der Waals surface area contributed by atoms with Gasteiger partial charge < -0.3 is 5.32 Å². The Morgan fingerprint density at radius 2 is 2.11 bits per heavy atom. The average Bonchev–Trinajstić information content (AvgIpc) is 2.88. The first-order chi connectivity index (χ1) is 9.30. The van der Waals surface area contributed by atoms with Crippen LogP contribution in [0.25, 0.3) is 0 Å². The van der Waals surface area contributed by atoms with E-state index in [4.69, 9.17) is 0 Å². The molecule has 0 aliphatic rings. The Labute approximate surface area is 114 Å². The molecule has 2 aromatic heterocycles. The van der Waals surface area contributed by atoms with Gasteiger partial charge in [-0.25, -0.2) is 0 Å². The molecule has 0 aromatic carbocycles. The summed E-state index contributed by atoms with van der Waals surface area (Å²) in [7, 11) is 0. The normalized spacial score (nSPS) is 12.6. The molecule has 1 unspecified atom stereocenters. The molecule has 0 amide bonds. The second-order valence-electron chi connectivity index (χ2n) is 4.35. The third-order valence-corrected chi connectivity index (χ3v) is 3.11. The molecule has 0 saturated heterocycles. The highest BCUT2D eigenvalue weighted by Gasteiger charge is 2.19. The standard InChI is InChI=1S/C14H21N5/c1-4-11-9-13(19(6-3)18-11)14(16-5-2)12-10-15-7-8-17-12/h7-10,14,16H,4-6H2,1-3H3. The van der Waals surface area contributed by atoms with Crippen molar-refractivity contribution >= 4 is 0 Å². The van der Waals surface area contributed by atoms with Gasteiger partial charge in [0.1, 0.15) is 0 Å². The summed E-state index contributed by atoms with van der Waals surface area (Å²) in [5, 5.41) is 8.07. The molecule has 2 aromatic rings. The number of aryl methyl sites for hydroxylation is 2. The van der Waals surface area contributed by atoms with Crippen LogP contribution in [0.5, 0.6) is 0 Å². The van der Waals surface area contributed by atoms with E-state index in [-0.39, 0.29) is 6.04 Å². The van der Waals surface area contributed by atoms with E-state index in [0.717, 1.165) is 36.6 Å². The molecule has 5 heteroatoms. The predicted octanol–water partition coefficient (Wildman–Crippen LogP) is 1.95. The lowest BCUT2D eigenvalue weighted by atomic mass is 10.1. The van der Waals surface area contributed by atoms with E-state index in [1.165, 1.54) is 0 Å². The van der Waals surface area contributed by atoms with E-state index in [2.05, 4.69) is 47.2 Å². The molecule has 5 nitrogen and oxygen atoms in total. The summed E-state index contributed by atoms with van der Waals surface area (Å²) >= 11 is 0. The molecule has 0 fully saturated rings. The molecule has 0 saturated carbocycles. The molecular formula is C14H21N5. The lowest BCUT2D eigenvalue weighted by Crippen LogP contribution is -2.25. The summed E-state index contributed by atoms with van der Waals surface area (Å²) in [6.07, 6.45) is 6.18. The van der Waals surface area contributed by atoms with Gasteiger partial charge in [-0.3, -0.25) is 14.6 Å². The van der Waals surface area contributed by atoms with Gasteiger partial charge in [0, 0.05) is 18.9 Å². The van der Waals surface area contributed by atoms with Gasteiger partial charge in [-0.2, -0.15) is 5.10 Å². The van der Waals surface area contributed by atoms with Crippen LogP contribution < -0.4 is 5.32 Å². The Morgan fingerprint density at radius 1 is 1.26 bits per heavy atom. The topological polar surface area (TPSA) is 55.6 Å². The van der Waals surface area contributed by atoms with Crippen LogP contribution in [0.3, 0.4) is 0 Å². The van der Waals surface area contributed by atoms with Crippen LogP contribution in [0.1, 0.15) is 43.9 Å². The fourth-order valence-corrected chi connectivity index (χ4v) is 2.17. The van der Waals surface area contributed by atoms with Gasteiger partial charge in [-0.15, -0.1) is 0 Å². The maximum Gasteiger partial charge on any atom is 0.0937 e. The SMILES string of the molecule is CCNC(c1cnccn1)c1cc(CC)nn1CC. The van der Waals surface area contributed by atoms with E-state index in [1.807, 2.05) is 10.9 Å². The molecule has 0 aliphatic heterocycles. The van der Waals surface area contributed by atoms with Gasteiger partial charge >= 0.3 is 0 Å². The number of aromatic nitrogens is 4. The highest BCUT2D eigenvalue weighted by molar-refractivity contribution is 5.23. The summed E-state index contributed by atoms with van der Waals surface area (Å²) in [4.78, 5) is 8.58. The third-order valence-electron chi connectivity index (χ3n) is 3.11. The molecule has 102 valence electrons. The van der Waals surface area contributed by atoms with Crippen molar-refractivity contribution in [3.63, 3.8) is 0 Å². The monoisotopic (exact) mass is 259 g/mol. The molecule has 1 atom stereocenters. The zero-order chi connectivity index (χ0) is 13.7. The Balaban J connectivity index is 2.41. The van der Waals surface area contributed by atoms with Crippen molar-refractivity contribution in [3.8, 4) is 0 Å². The minimum absolute atomic E-state index is 0.0476. The summed E-state index contributed by atoms with van der Waals surface area (Å²) in [6.45, 7) is 8.05. The van der Waals surface area contributed by atoms with Crippen molar-refractivity contribution in [2.75, 3.05) is 6.54 Å². The zero-order valence-corrected chi connectivity index (χ0v) is 11.8. The van der Waals surface area contributed by atoms with Crippen molar-refractivity contribution in [2.45, 2.75) is 39.8 Å². The molecule has 0 bridgehead atoms. The van der Waals surface area contributed by atoms with Crippen molar-refractivity contribution in [1.82, 2.24) is 25.1 Å². The molecular weight excluding hydrogens is 238 g/mol. The van der Waals surface area contributed by atoms with Crippen LogP contribution in [0.15, 0.2) is 24.7 Å².